The van der Waals surface area contributed by atoms with Crippen molar-refractivity contribution in [3.63, 3.8) is 0 Å². The summed E-state index contributed by atoms with van der Waals surface area (Å²) in [5.41, 5.74) is 2.22. The fourth-order valence-corrected chi connectivity index (χ4v) is 3.76. The van der Waals surface area contributed by atoms with Crippen LogP contribution in [0.5, 0.6) is 0 Å². The number of hydrogen-bond acceptors (Lipinski definition) is 5. The molecule has 0 spiro atoms. The minimum absolute atomic E-state index is 0. The number of nitrogens with zero attached hydrogens (tertiary/aromatic N) is 5. The number of halogens is 1. The monoisotopic (exact) mass is 490 g/mol. The second-order valence-electron chi connectivity index (χ2n) is 6.21. The zero-order chi connectivity index (χ0) is 17.6. The van der Waals surface area contributed by atoms with Crippen molar-refractivity contribution in [2.24, 2.45) is 12.0 Å². The number of hydrogen-bond donors (Lipinski definition) is 1. The molecule has 0 saturated carbocycles. The molecule has 144 valence electrons. The van der Waals surface area contributed by atoms with Crippen LogP contribution in [0.4, 0.5) is 0 Å². The molecule has 0 bridgehead atoms. The predicted octanol–water partition coefficient (Wildman–Crippen LogP) is 2.38. The van der Waals surface area contributed by atoms with E-state index in [1.807, 2.05) is 38.1 Å². The lowest BCUT2D eigenvalue weighted by molar-refractivity contribution is -0.00801. The zero-order valence-corrected chi connectivity index (χ0v) is 18.7. The number of guanidine groups is 1. The molecule has 1 fully saturated rings. The molecule has 0 aliphatic carbocycles. The molecule has 9 heteroatoms. The lowest BCUT2D eigenvalue weighted by Gasteiger charge is -2.34. The summed E-state index contributed by atoms with van der Waals surface area (Å²) in [4.78, 5) is 11.2. The summed E-state index contributed by atoms with van der Waals surface area (Å²) in [5.74, 6) is 0.938. The molecule has 2 aromatic rings. The lowest BCUT2D eigenvalue weighted by Crippen LogP contribution is -2.48. The van der Waals surface area contributed by atoms with Gasteiger partial charge in [0.25, 0.3) is 0 Å². The summed E-state index contributed by atoms with van der Waals surface area (Å²) in [7, 11) is 3.76. The van der Waals surface area contributed by atoms with E-state index in [2.05, 4.69) is 30.7 Å². The first-order valence-electron chi connectivity index (χ1n) is 8.62. The van der Waals surface area contributed by atoms with Gasteiger partial charge in [-0.1, -0.05) is 0 Å². The van der Waals surface area contributed by atoms with Gasteiger partial charge in [0.15, 0.2) is 5.96 Å². The van der Waals surface area contributed by atoms with Crippen LogP contribution in [-0.4, -0.2) is 58.9 Å². The van der Waals surface area contributed by atoms with Gasteiger partial charge in [-0.15, -0.1) is 35.3 Å². The van der Waals surface area contributed by atoms with E-state index >= 15 is 0 Å². The van der Waals surface area contributed by atoms with E-state index in [1.165, 1.54) is 5.01 Å². The Bertz CT molecular complexity index is 716. The third-order valence-electron chi connectivity index (χ3n) is 4.19. The summed E-state index contributed by atoms with van der Waals surface area (Å²) in [6.07, 6.45) is 5.98. The second kappa shape index (κ2) is 10.2. The van der Waals surface area contributed by atoms with Gasteiger partial charge in [-0.05, 0) is 13.3 Å². The van der Waals surface area contributed by atoms with E-state index in [-0.39, 0.29) is 30.1 Å². The number of aromatic nitrogens is 3. The van der Waals surface area contributed by atoms with Crippen molar-refractivity contribution in [1.29, 1.82) is 0 Å². The van der Waals surface area contributed by atoms with Crippen LogP contribution in [0, 0.1) is 6.92 Å². The number of ether oxygens (including phenoxy) is 1. The Morgan fingerprint density at radius 3 is 3.00 bits per heavy atom. The minimum Gasteiger partial charge on any atom is -0.370 e. The maximum Gasteiger partial charge on any atom is 0.193 e. The van der Waals surface area contributed by atoms with Gasteiger partial charge in [0.05, 0.1) is 24.4 Å². The van der Waals surface area contributed by atoms with E-state index < -0.39 is 0 Å². The minimum atomic E-state index is 0. The number of morpholine rings is 1. The Morgan fingerprint density at radius 1 is 1.50 bits per heavy atom. The van der Waals surface area contributed by atoms with Crippen LogP contribution in [0.3, 0.4) is 0 Å². The predicted molar refractivity (Wildman–Crippen MR) is 115 cm³/mol. The number of aliphatic imine (C=N–C) groups is 1. The summed E-state index contributed by atoms with van der Waals surface area (Å²) in [6, 6.07) is 0. The quantitative estimate of drug-likeness (QED) is 0.302. The molecule has 1 N–H and O–H groups in total. The molecule has 3 rings (SSSR count). The van der Waals surface area contributed by atoms with Crippen molar-refractivity contribution in [2.45, 2.75) is 25.9 Å². The van der Waals surface area contributed by atoms with Gasteiger partial charge < -0.3 is 15.0 Å². The topological polar surface area (TPSA) is 67.6 Å². The molecular weight excluding hydrogens is 463 g/mol. The van der Waals surface area contributed by atoms with E-state index in [4.69, 9.17) is 4.74 Å². The SMILES string of the molecule is CN=C(NCCCc1nc(C)cs1)N1CCOC(c2cnn(C)c2)C1.I. The number of aryl methyl sites for hydroxylation is 3. The number of thiazole rings is 1. The van der Waals surface area contributed by atoms with Crippen molar-refractivity contribution in [3.05, 3.63) is 34.0 Å². The highest BCUT2D eigenvalue weighted by Crippen LogP contribution is 2.21. The largest absolute Gasteiger partial charge is 0.370 e. The molecule has 26 heavy (non-hydrogen) atoms. The van der Waals surface area contributed by atoms with Gasteiger partial charge in [-0.2, -0.15) is 5.10 Å². The van der Waals surface area contributed by atoms with Crippen molar-refractivity contribution in [1.82, 2.24) is 25.0 Å². The molecule has 0 radical (unpaired) electrons. The highest BCUT2D eigenvalue weighted by atomic mass is 127. The Balaban J connectivity index is 0.00000243. The first-order valence-corrected chi connectivity index (χ1v) is 9.50. The molecule has 3 heterocycles. The van der Waals surface area contributed by atoms with Gasteiger partial charge in [0.1, 0.15) is 6.10 Å². The van der Waals surface area contributed by atoms with Gasteiger partial charge in [-0.3, -0.25) is 9.67 Å². The lowest BCUT2D eigenvalue weighted by atomic mass is 10.1. The normalized spacial score (nSPS) is 17.9. The molecule has 1 atom stereocenters. The van der Waals surface area contributed by atoms with Crippen LogP contribution in [0.25, 0.3) is 0 Å². The molecule has 1 saturated heterocycles. The molecule has 1 unspecified atom stereocenters. The van der Waals surface area contributed by atoms with Gasteiger partial charge >= 0.3 is 0 Å². The Morgan fingerprint density at radius 2 is 2.35 bits per heavy atom. The number of nitrogens with one attached hydrogen (secondary N) is 1. The van der Waals surface area contributed by atoms with Crippen LogP contribution in [-0.2, 0) is 18.2 Å². The third kappa shape index (κ3) is 5.65. The first-order chi connectivity index (χ1) is 12.2. The van der Waals surface area contributed by atoms with Crippen LogP contribution >= 0.6 is 35.3 Å². The van der Waals surface area contributed by atoms with Crippen LogP contribution in [0.15, 0.2) is 22.8 Å². The Kier molecular flexibility index (Phi) is 8.29. The Hall–Kier alpha value is -1.20. The van der Waals surface area contributed by atoms with E-state index in [9.17, 15) is 0 Å². The van der Waals surface area contributed by atoms with Crippen LogP contribution in [0.2, 0.25) is 0 Å². The summed E-state index contributed by atoms with van der Waals surface area (Å²) in [6.45, 7) is 5.26. The van der Waals surface area contributed by atoms with Gasteiger partial charge in [0.2, 0.25) is 0 Å². The highest BCUT2D eigenvalue weighted by Gasteiger charge is 2.24. The molecule has 1 aliphatic heterocycles. The molecule has 1 aliphatic rings. The summed E-state index contributed by atoms with van der Waals surface area (Å²) >= 11 is 1.74. The van der Waals surface area contributed by atoms with E-state index in [0.717, 1.165) is 49.7 Å². The smallest absolute Gasteiger partial charge is 0.193 e. The second-order valence-corrected chi connectivity index (χ2v) is 7.16. The number of rotatable bonds is 5. The van der Waals surface area contributed by atoms with Crippen molar-refractivity contribution < 1.29 is 4.74 Å². The fraction of sp³-hybridized carbons (Fsp3) is 0.588. The van der Waals surface area contributed by atoms with Crippen molar-refractivity contribution in [2.75, 3.05) is 33.3 Å². The van der Waals surface area contributed by atoms with E-state index in [0.29, 0.717) is 6.61 Å². The molecule has 0 amide bonds. The average Bonchev–Trinajstić information content (AvgIpc) is 3.23. The zero-order valence-electron chi connectivity index (χ0n) is 15.5. The Labute approximate surface area is 175 Å². The van der Waals surface area contributed by atoms with Gasteiger partial charge in [0, 0.05) is 56.4 Å². The summed E-state index contributed by atoms with van der Waals surface area (Å²) < 4.78 is 7.71. The van der Waals surface area contributed by atoms with Crippen LogP contribution < -0.4 is 5.32 Å². The standard InChI is InChI=1S/C17H26N6OS.HI/c1-13-12-25-16(21-13)5-4-6-19-17(18-2)23-7-8-24-15(11-23)14-9-20-22(3)10-14;/h9-10,12,15H,4-8,11H2,1-3H3,(H,18,19);1H. The summed E-state index contributed by atoms with van der Waals surface area (Å²) in [5, 5.41) is 11.0. The maximum atomic E-state index is 5.90. The third-order valence-corrected chi connectivity index (χ3v) is 5.22. The first kappa shape index (κ1) is 21.1. The maximum absolute atomic E-state index is 5.90. The molecule has 0 aromatic carbocycles. The molecular formula is C17H27IN6OS. The fourth-order valence-electron chi connectivity index (χ4n) is 2.94. The van der Waals surface area contributed by atoms with Crippen molar-refractivity contribution in [3.8, 4) is 0 Å². The van der Waals surface area contributed by atoms with Crippen molar-refractivity contribution >= 4 is 41.3 Å². The van der Waals surface area contributed by atoms with Crippen LogP contribution in [0.1, 0.15) is 28.8 Å². The van der Waals surface area contributed by atoms with E-state index in [1.54, 1.807) is 11.3 Å². The highest BCUT2D eigenvalue weighted by molar-refractivity contribution is 14.0. The van der Waals surface area contributed by atoms with Gasteiger partial charge in [-0.25, -0.2) is 4.98 Å². The molecule has 2 aromatic heterocycles. The average molecular weight is 490 g/mol. The molecule has 7 nitrogen and oxygen atoms in total.